The molecule has 0 saturated heterocycles. The predicted octanol–water partition coefficient (Wildman–Crippen LogP) is 5.01. The summed E-state index contributed by atoms with van der Waals surface area (Å²) in [4.78, 5) is 24.4. The van der Waals surface area contributed by atoms with Gasteiger partial charge in [0, 0.05) is 6.07 Å². The summed E-state index contributed by atoms with van der Waals surface area (Å²) < 4.78 is 21.8. The molecule has 6 heteroatoms. The lowest BCUT2D eigenvalue weighted by atomic mass is 10.2. The summed E-state index contributed by atoms with van der Waals surface area (Å²) in [5, 5.41) is 0.365. The zero-order valence-corrected chi connectivity index (χ0v) is 16.6. The first-order chi connectivity index (χ1) is 14.1. The van der Waals surface area contributed by atoms with E-state index in [0.29, 0.717) is 29.1 Å². The SMILES string of the molecule is CCCCCOC(=O)COc1ccc2c(=O)c(Oc3cccc(C)c3)coc2c1. The van der Waals surface area contributed by atoms with Gasteiger partial charge in [0.2, 0.25) is 11.2 Å². The number of carbonyl (C=O) groups excluding carboxylic acids is 1. The van der Waals surface area contributed by atoms with Crippen molar-refractivity contribution >= 4 is 16.9 Å². The molecule has 0 amide bonds. The van der Waals surface area contributed by atoms with Crippen LogP contribution in [-0.4, -0.2) is 19.2 Å². The van der Waals surface area contributed by atoms with Crippen molar-refractivity contribution in [3.8, 4) is 17.2 Å². The molecule has 152 valence electrons. The largest absolute Gasteiger partial charge is 0.482 e. The molecule has 1 aromatic heterocycles. The number of fused-ring (bicyclic) bond motifs is 1. The number of carbonyl (C=O) groups is 1. The van der Waals surface area contributed by atoms with Crippen molar-refractivity contribution in [2.24, 2.45) is 0 Å². The minimum atomic E-state index is -0.426. The first-order valence-electron chi connectivity index (χ1n) is 9.65. The van der Waals surface area contributed by atoms with Gasteiger partial charge in [0.05, 0.1) is 12.0 Å². The maximum Gasteiger partial charge on any atom is 0.344 e. The summed E-state index contributed by atoms with van der Waals surface area (Å²) in [6.45, 7) is 4.22. The van der Waals surface area contributed by atoms with E-state index in [1.807, 2.05) is 25.1 Å². The van der Waals surface area contributed by atoms with Crippen molar-refractivity contribution in [2.45, 2.75) is 33.1 Å². The van der Waals surface area contributed by atoms with Crippen molar-refractivity contribution in [1.29, 1.82) is 0 Å². The first kappa shape index (κ1) is 20.5. The molecule has 1 heterocycles. The lowest BCUT2D eigenvalue weighted by Gasteiger charge is -2.08. The normalized spacial score (nSPS) is 10.7. The van der Waals surface area contributed by atoms with Crippen LogP contribution in [-0.2, 0) is 9.53 Å². The molecule has 0 atom stereocenters. The number of aryl methyl sites for hydroxylation is 1. The van der Waals surface area contributed by atoms with Crippen LogP contribution in [0.15, 0.2) is 57.9 Å². The van der Waals surface area contributed by atoms with Gasteiger partial charge in [0.15, 0.2) is 6.61 Å². The maximum atomic E-state index is 12.7. The molecular formula is C23H24O6. The van der Waals surface area contributed by atoms with Crippen molar-refractivity contribution in [2.75, 3.05) is 13.2 Å². The molecule has 6 nitrogen and oxygen atoms in total. The van der Waals surface area contributed by atoms with Crippen LogP contribution in [0.5, 0.6) is 17.2 Å². The summed E-state index contributed by atoms with van der Waals surface area (Å²) in [6, 6.07) is 12.2. The molecule has 2 aromatic carbocycles. The van der Waals surface area contributed by atoms with Crippen LogP contribution in [0.4, 0.5) is 0 Å². The summed E-state index contributed by atoms with van der Waals surface area (Å²) in [5.41, 5.74) is 1.09. The average Bonchev–Trinajstić information content (AvgIpc) is 2.72. The monoisotopic (exact) mass is 396 g/mol. The third-order valence-corrected chi connectivity index (χ3v) is 4.30. The highest BCUT2D eigenvalue weighted by Crippen LogP contribution is 2.24. The molecule has 0 bridgehead atoms. The van der Waals surface area contributed by atoms with E-state index in [0.717, 1.165) is 24.8 Å². The van der Waals surface area contributed by atoms with Gasteiger partial charge in [0.25, 0.3) is 0 Å². The molecule has 0 aliphatic heterocycles. The first-order valence-corrected chi connectivity index (χ1v) is 9.65. The smallest absolute Gasteiger partial charge is 0.344 e. The van der Waals surface area contributed by atoms with Gasteiger partial charge in [-0.25, -0.2) is 4.79 Å². The van der Waals surface area contributed by atoms with Crippen LogP contribution >= 0.6 is 0 Å². The quantitative estimate of drug-likeness (QED) is 0.374. The summed E-state index contributed by atoms with van der Waals surface area (Å²) in [7, 11) is 0. The number of rotatable bonds is 9. The van der Waals surface area contributed by atoms with Crippen LogP contribution in [0.25, 0.3) is 11.0 Å². The Kier molecular flexibility index (Phi) is 6.89. The topological polar surface area (TPSA) is 75.0 Å². The van der Waals surface area contributed by atoms with E-state index < -0.39 is 5.97 Å². The van der Waals surface area contributed by atoms with E-state index in [2.05, 4.69) is 6.92 Å². The Labute approximate surface area is 169 Å². The number of unbranched alkanes of at least 4 members (excludes halogenated alkanes) is 2. The average molecular weight is 396 g/mol. The fourth-order valence-corrected chi connectivity index (χ4v) is 2.78. The Morgan fingerprint density at radius 2 is 1.93 bits per heavy atom. The molecule has 0 N–H and O–H groups in total. The van der Waals surface area contributed by atoms with E-state index >= 15 is 0 Å². The Morgan fingerprint density at radius 3 is 2.72 bits per heavy atom. The molecule has 3 aromatic rings. The molecule has 29 heavy (non-hydrogen) atoms. The van der Waals surface area contributed by atoms with Gasteiger partial charge in [-0.1, -0.05) is 31.9 Å². The van der Waals surface area contributed by atoms with E-state index in [4.69, 9.17) is 18.6 Å². The molecule has 0 aliphatic carbocycles. The van der Waals surface area contributed by atoms with Gasteiger partial charge >= 0.3 is 5.97 Å². The van der Waals surface area contributed by atoms with Gasteiger partial charge in [-0.05, 0) is 43.2 Å². The third-order valence-electron chi connectivity index (χ3n) is 4.30. The number of esters is 1. The molecular weight excluding hydrogens is 372 g/mol. The Hall–Kier alpha value is -3.28. The van der Waals surface area contributed by atoms with Gasteiger partial charge in [-0.3, -0.25) is 4.79 Å². The number of benzene rings is 2. The van der Waals surface area contributed by atoms with Gasteiger partial charge < -0.3 is 18.6 Å². The van der Waals surface area contributed by atoms with E-state index in [1.165, 1.54) is 6.26 Å². The summed E-state index contributed by atoms with van der Waals surface area (Å²) in [5.74, 6) is 0.657. The number of ether oxygens (including phenoxy) is 3. The summed E-state index contributed by atoms with van der Waals surface area (Å²) >= 11 is 0. The van der Waals surface area contributed by atoms with Crippen molar-refractivity contribution < 1.29 is 23.4 Å². The van der Waals surface area contributed by atoms with E-state index in [-0.39, 0.29) is 17.8 Å². The Balaban J connectivity index is 1.66. The second-order valence-corrected chi connectivity index (χ2v) is 6.72. The van der Waals surface area contributed by atoms with Crippen molar-refractivity contribution in [3.05, 3.63) is 64.5 Å². The maximum absolute atomic E-state index is 12.7. The van der Waals surface area contributed by atoms with E-state index in [9.17, 15) is 9.59 Å². The standard InChI is InChI=1S/C23H24O6/c1-3-4-5-11-26-22(24)15-27-17-9-10-19-20(13-17)28-14-21(23(19)25)29-18-8-6-7-16(2)12-18/h6-10,12-14H,3-5,11,15H2,1-2H3. The highest BCUT2D eigenvalue weighted by molar-refractivity contribution is 5.79. The van der Waals surface area contributed by atoms with Crippen LogP contribution in [0.1, 0.15) is 31.7 Å². The molecule has 0 aliphatic rings. The minimum Gasteiger partial charge on any atom is -0.482 e. The molecule has 0 radical (unpaired) electrons. The predicted molar refractivity (Wildman–Crippen MR) is 110 cm³/mol. The zero-order valence-electron chi connectivity index (χ0n) is 16.6. The van der Waals surface area contributed by atoms with Crippen molar-refractivity contribution in [3.63, 3.8) is 0 Å². The zero-order chi connectivity index (χ0) is 20.6. The van der Waals surface area contributed by atoms with Crippen LogP contribution in [0.2, 0.25) is 0 Å². The lowest BCUT2D eigenvalue weighted by molar-refractivity contribution is -0.146. The van der Waals surface area contributed by atoms with Gasteiger partial charge in [0.1, 0.15) is 23.3 Å². The summed E-state index contributed by atoms with van der Waals surface area (Å²) in [6.07, 6.45) is 4.20. The molecule has 0 fully saturated rings. The van der Waals surface area contributed by atoms with Gasteiger partial charge in [-0.15, -0.1) is 0 Å². The minimum absolute atomic E-state index is 0.104. The number of hydrogen-bond donors (Lipinski definition) is 0. The second-order valence-electron chi connectivity index (χ2n) is 6.72. The highest BCUT2D eigenvalue weighted by Gasteiger charge is 2.11. The van der Waals surface area contributed by atoms with Crippen LogP contribution in [0.3, 0.4) is 0 Å². The molecule has 0 spiro atoms. The number of hydrogen-bond acceptors (Lipinski definition) is 6. The highest BCUT2D eigenvalue weighted by atomic mass is 16.6. The van der Waals surface area contributed by atoms with Gasteiger partial charge in [-0.2, -0.15) is 0 Å². The van der Waals surface area contributed by atoms with Crippen LogP contribution in [0, 0.1) is 6.92 Å². The Bertz CT molecular complexity index is 1040. The van der Waals surface area contributed by atoms with Crippen molar-refractivity contribution in [1.82, 2.24) is 0 Å². The molecule has 0 unspecified atom stereocenters. The lowest BCUT2D eigenvalue weighted by Crippen LogP contribution is -2.15. The fraction of sp³-hybridized carbons (Fsp3) is 0.304. The third kappa shape index (κ3) is 5.60. The Morgan fingerprint density at radius 1 is 1.07 bits per heavy atom. The molecule has 0 saturated carbocycles. The second kappa shape index (κ2) is 9.78. The van der Waals surface area contributed by atoms with Crippen LogP contribution < -0.4 is 14.9 Å². The van der Waals surface area contributed by atoms with E-state index in [1.54, 1.807) is 24.3 Å². The fourth-order valence-electron chi connectivity index (χ4n) is 2.78. The molecule has 3 rings (SSSR count).